The summed E-state index contributed by atoms with van der Waals surface area (Å²) in [4.78, 5) is 16.5. The van der Waals surface area contributed by atoms with Gasteiger partial charge >= 0.3 is 5.97 Å². The SMILES string of the molecule is CCOC(=O)c1cnc2ccc(F)cc2c1Nc1ccc(OC)cc1. The Kier molecular flexibility index (Phi) is 4.79. The second-order valence-electron chi connectivity index (χ2n) is 5.28. The molecule has 1 N–H and O–H groups in total. The highest BCUT2D eigenvalue weighted by molar-refractivity contribution is 6.06. The second kappa shape index (κ2) is 7.17. The first-order valence-corrected chi connectivity index (χ1v) is 7.79. The van der Waals surface area contributed by atoms with Gasteiger partial charge in [0.2, 0.25) is 0 Å². The quantitative estimate of drug-likeness (QED) is 0.702. The van der Waals surface area contributed by atoms with Gasteiger partial charge in [-0.1, -0.05) is 0 Å². The molecule has 3 aromatic rings. The fourth-order valence-electron chi connectivity index (χ4n) is 2.48. The van der Waals surface area contributed by atoms with Crippen LogP contribution in [0.25, 0.3) is 10.9 Å². The number of aromatic nitrogens is 1. The Morgan fingerprint density at radius 2 is 1.96 bits per heavy atom. The number of nitrogens with zero attached hydrogens (tertiary/aromatic N) is 1. The van der Waals surface area contributed by atoms with Gasteiger partial charge in [0.1, 0.15) is 17.1 Å². The molecular formula is C19H17FN2O3. The van der Waals surface area contributed by atoms with Crippen molar-refractivity contribution in [2.24, 2.45) is 0 Å². The Hall–Kier alpha value is -3.15. The number of carbonyl (C=O) groups excluding carboxylic acids is 1. The summed E-state index contributed by atoms with van der Waals surface area (Å²) in [5.41, 5.74) is 2.00. The summed E-state index contributed by atoms with van der Waals surface area (Å²) in [6.07, 6.45) is 1.43. The average Bonchev–Trinajstić information content (AvgIpc) is 2.63. The van der Waals surface area contributed by atoms with E-state index in [0.717, 1.165) is 5.69 Å². The maximum absolute atomic E-state index is 13.7. The van der Waals surface area contributed by atoms with E-state index in [1.54, 1.807) is 44.4 Å². The maximum atomic E-state index is 13.7. The molecule has 5 nitrogen and oxygen atoms in total. The van der Waals surface area contributed by atoms with E-state index in [1.807, 2.05) is 0 Å². The third kappa shape index (κ3) is 3.52. The Morgan fingerprint density at radius 1 is 1.20 bits per heavy atom. The van der Waals surface area contributed by atoms with Crippen molar-refractivity contribution in [3.05, 3.63) is 60.0 Å². The number of fused-ring (bicyclic) bond motifs is 1. The Bertz CT molecular complexity index is 910. The van der Waals surface area contributed by atoms with Crippen LogP contribution >= 0.6 is 0 Å². The topological polar surface area (TPSA) is 60.5 Å². The van der Waals surface area contributed by atoms with Gasteiger partial charge in [-0.2, -0.15) is 0 Å². The molecule has 0 bridgehead atoms. The third-order valence-corrected chi connectivity index (χ3v) is 3.68. The molecule has 6 heteroatoms. The van der Waals surface area contributed by atoms with Gasteiger partial charge in [0, 0.05) is 17.3 Å². The van der Waals surface area contributed by atoms with Crippen molar-refractivity contribution in [2.75, 3.05) is 19.0 Å². The van der Waals surface area contributed by atoms with Crippen LogP contribution in [0.5, 0.6) is 5.75 Å². The van der Waals surface area contributed by atoms with Gasteiger partial charge in [0.15, 0.2) is 0 Å². The molecule has 0 saturated carbocycles. The number of nitrogens with one attached hydrogen (secondary N) is 1. The summed E-state index contributed by atoms with van der Waals surface area (Å²) >= 11 is 0. The minimum absolute atomic E-state index is 0.238. The van der Waals surface area contributed by atoms with Crippen LogP contribution < -0.4 is 10.1 Å². The van der Waals surface area contributed by atoms with Crippen LogP contribution in [0.4, 0.5) is 15.8 Å². The molecule has 0 aliphatic carbocycles. The van der Waals surface area contributed by atoms with Crippen molar-refractivity contribution in [1.29, 1.82) is 0 Å². The zero-order valence-corrected chi connectivity index (χ0v) is 13.9. The number of hydrogen-bond donors (Lipinski definition) is 1. The van der Waals surface area contributed by atoms with Gasteiger partial charge < -0.3 is 14.8 Å². The molecule has 25 heavy (non-hydrogen) atoms. The first kappa shape index (κ1) is 16.7. The largest absolute Gasteiger partial charge is 0.497 e. The number of ether oxygens (including phenoxy) is 2. The highest BCUT2D eigenvalue weighted by Crippen LogP contribution is 2.30. The van der Waals surface area contributed by atoms with Gasteiger partial charge in [-0.05, 0) is 49.4 Å². The van der Waals surface area contributed by atoms with Gasteiger partial charge in [0.05, 0.1) is 24.9 Å². The molecule has 0 spiro atoms. The minimum atomic E-state index is -0.517. The lowest BCUT2D eigenvalue weighted by Gasteiger charge is -2.14. The molecule has 1 heterocycles. The summed E-state index contributed by atoms with van der Waals surface area (Å²) in [6.45, 7) is 1.96. The van der Waals surface area contributed by atoms with Crippen LogP contribution in [0, 0.1) is 5.82 Å². The molecule has 1 aromatic heterocycles. The number of carbonyl (C=O) groups is 1. The molecule has 0 atom stereocenters. The number of rotatable bonds is 5. The Labute approximate surface area is 144 Å². The van der Waals surface area contributed by atoms with Crippen LogP contribution in [0.3, 0.4) is 0 Å². The smallest absolute Gasteiger partial charge is 0.341 e. The maximum Gasteiger partial charge on any atom is 0.341 e. The van der Waals surface area contributed by atoms with E-state index in [2.05, 4.69) is 10.3 Å². The fourth-order valence-corrected chi connectivity index (χ4v) is 2.48. The number of hydrogen-bond acceptors (Lipinski definition) is 5. The van der Waals surface area contributed by atoms with Crippen molar-refractivity contribution in [3.63, 3.8) is 0 Å². The predicted molar refractivity (Wildman–Crippen MR) is 93.9 cm³/mol. The summed E-state index contributed by atoms with van der Waals surface area (Å²) in [5, 5.41) is 3.67. The van der Waals surface area contributed by atoms with Crippen molar-refractivity contribution >= 4 is 28.2 Å². The molecule has 0 saturated heterocycles. The predicted octanol–water partition coefficient (Wildman–Crippen LogP) is 4.30. The van der Waals surface area contributed by atoms with Gasteiger partial charge in [-0.25, -0.2) is 9.18 Å². The lowest BCUT2D eigenvalue weighted by atomic mass is 10.1. The minimum Gasteiger partial charge on any atom is -0.497 e. The zero-order chi connectivity index (χ0) is 17.8. The number of benzene rings is 2. The lowest BCUT2D eigenvalue weighted by molar-refractivity contribution is 0.0527. The zero-order valence-electron chi connectivity index (χ0n) is 13.9. The summed E-state index contributed by atoms with van der Waals surface area (Å²) in [7, 11) is 1.58. The van der Waals surface area contributed by atoms with E-state index in [-0.39, 0.29) is 12.2 Å². The Balaban J connectivity index is 2.12. The molecule has 0 radical (unpaired) electrons. The van der Waals surface area contributed by atoms with Crippen LogP contribution in [0.15, 0.2) is 48.7 Å². The van der Waals surface area contributed by atoms with E-state index in [4.69, 9.17) is 9.47 Å². The van der Waals surface area contributed by atoms with Crippen molar-refractivity contribution in [3.8, 4) is 5.75 Å². The molecule has 128 valence electrons. The monoisotopic (exact) mass is 340 g/mol. The standard InChI is InChI=1S/C19H17FN2O3/c1-3-25-19(23)16-11-21-17-9-4-12(20)10-15(17)18(16)22-13-5-7-14(24-2)8-6-13/h4-11H,3H2,1-2H3,(H,21,22). The van der Waals surface area contributed by atoms with Gasteiger partial charge in [-0.15, -0.1) is 0 Å². The van der Waals surface area contributed by atoms with Crippen LogP contribution in [-0.2, 0) is 4.74 Å². The van der Waals surface area contributed by atoms with E-state index >= 15 is 0 Å². The van der Waals surface area contributed by atoms with Gasteiger partial charge in [0.25, 0.3) is 0 Å². The van der Waals surface area contributed by atoms with Crippen molar-refractivity contribution in [1.82, 2.24) is 4.98 Å². The highest BCUT2D eigenvalue weighted by Gasteiger charge is 2.17. The molecular weight excluding hydrogens is 323 g/mol. The highest BCUT2D eigenvalue weighted by atomic mass is 19.1. The van der Waals surface area contributed by atoms with Crippen LogP contribution in [0.1, 0.15) is 17.3 Å². The van der Waals surface area contributed by atoms with E-state index < -0.39 is 11.8 Å². The van der Waals surface area contributed by atoms with Crippen LogP contribution in [-0.4, -0.2) is 24.7 Å². The second-order valence-corrected chi connectivity index (χ2v) is 5.28. The molecule has 2 aromatic carbocycles. The van der Waals surface area contributed by atoms with Crippen LogP contribution in [0.2, 0.25) is 0 Å². The molecule has 0 unspecified atom stereocenters. The fraction of sp³-hybridized carbons (Fsp3) is 0.158. The van der Waals surface area contributed by atoms with E-state index in [9.17, 15) is 9.18 Å². The first-order valence-electron chi connectivity index (χ1n) is 7.79. The third-order valence-electron chi connectivity index (χ3n) is 3.68. The Morgan fingerprint density at radius 3 is 2.64 bits per heavy atom. The first-order chi connectivity index (χ1) is 12.1. The number of methoxy groups -OCH3 is 1. The average molecular weight is 340 g/mol. The summed E-state index contributed by atoms with van der Waals surface area (Å²) in [6, 6.07) is 11.4. The molecule has 0 aliphatic heterocycles. The summed E-state index contributed by atoms with van der Waals surface area (Å²) < 4.78 is 24.0. The summed E-state index contributed by atoms with van der Waals surface area (Å²) in [5.74, 6) is -0.216. The molecule has 0 amide bonds. The normalized spacial score (nSPS) is 10.5. The number of halogens is 1. The van der Waals surface area contributed by atoms with Crippen molar-refractivity contribution < 1.29 is 18.7 Å². The van der Waals surface area contributed by atoms with E-state index in [1.165, 1.54) is 18.3 Å². The molecule has 3 rings (SSSR count). The number of anilines is 2. The molecule has 0 aliphatic rings. The van der Waals surface area contributed by atoms with Gasteiger partial charge in [-0.3, -0.25) is 4.98 Å². The van der Waals surface area contributed by atoms with E-state index in [0.29, 0.717) is 22.3 Å². The lowest BCUT2D eigenvalue weighted by Crippen LogP contribution is -2.09. The molecule has 0 fully saturated rings. The number of pyridine rings is 1. The number of esters is 1. The van der Waals surface area contributed by atoms with Crippen molar-refractivity contribution in [2.45, 2.75) is 6.92 Å².